The molecule has 4 nitrogen and oxygen atoms in total. The van der Waals surface area contributed by atoms with Crippen LogP contribution in [0.3, 0.4) is 0 Å². The summed E-state index contributed by atoms with van der Waals surface area (Å²) in [6, 6.07) is 17.9. The Morgan fingerprint density at radius 3 is 1.83 bits per heavy atom. The van der Waals surface area contributed by atoms with Gasteiger partial charge in [0, 0.05) is 27.7 Å². The lowest BCUT2D eigenvalue weighted by molar-refractivity contribution is -0.851. The van der Waals surface area contributed by atoms with Crippen molar-refractivity contribution < 1.29 is 14.7 Å². The molecule has 0 unspecified atom stereocenters. The van der Waals surface area contributed by atoms with E-state index in [2.05, 4.69) is 12.1 Å². The van der Waals surface area contributed by atoms with Gasteiger partial charge in [0.05, 0.1) is 5.56 Å². The van der Waals surface area contributed by atoms with Gasteiger partial charge in [0.1, 0.15) is 0 Å². The third-order valence-corrected chi connectivity index (χ3v) is 5.33. The molecule has 1 N–H and O–H groups in total. The van der Waals surface area contributed by atoms with Crippen molar-refractivity contribution in [1.82, 2.24) is 0 Å². The van der Waals surface area contributed by atoms with E-state index in [0.717, 1.165) is 26.2 Å². The van der Waals surface area contributed by atoms with Crippen LogP contribution in [0.5, 0.6) is 0 Å². The van der Waals surface area contributed by atoms with Crippen LogP contribution in [0, 0.1) is 5.21 Å². The van der Waals surface area contributed by atoms with Crippen molar-refractivity contribution in [3.8, 4) is 11.1 Å². The number of rotatable bonds is 2. The van der Waals surface area contributed by atoms with Crippen molar-refractivity contribution in [2.24, 2.45) is 0 Å². The summed E-state index contributed by atoms with van der Waals surface area (Å²) < 4.78 is 2.14. The van der Waals surface area contributed by atoms with Gasteiger partial charge in [0.15, 0.2) is 0 Å². The summed E-state index contributed by atoms with van der Waals surface area (Å²) in [5, 5.41) is 23.2. The van der Waals surface area contributed by atoms with E-state index < -0.39 is 11.1 Å². The van der Waals surface area contributed by atoms with Gasteiger partial charge in [-0.3, -0.25) is 5.21 Å². The van der Waals surface area contributed by atoms with E-state index in [0.29, 0.717) is 5.71 Å². The standard InChI is InChI=1S/C20H23N2O2/c1-19(2)20(3,4)22(24)18(14-21(19)23)17-12-10-16(11-13-17)15-8-6-5-7-9-15/h5-14,23H,1-4H3/q+1. The van der Waals surface area contributed by atoms with E-state index in [9.17, 15) is 10.4 Å². The summed E-state index contributed by atoms with van der Waals surface area (Å²) in [5.74, 6) is 0. The van der Waals surface area contributed by atoms with Gasteiger partial charge in [0.25, 0.3) is 17.5 Å². The van der Waals surface area contributed by atoms with Gasteiger partial charge < -0.3 is 5.21 Å². The van der Waals surface area contributed by atoms with Crippen LogP contribution in [-0.4, -0.2) is 37.7 Å². The Bertz CT molecular complexity index is 816. The molecule has 0 radical (unpaired) electrons. The van der Waals surface area contributed by atoms with Gasteiger partial charge in [0.2, 0.25) is 5.54 Å². The van der Waals surface area contributed by atoms with E-state index in [4.69, 9.17) is 0 Å². The second-order valence-corrected chi connectivity index (χ2v) is 7.21. The maximum Gasteiger partial charge on any atom is 0.288 e. The van der Waals surface area contributed by atoms with Crippen molar-refractivity contribution in [3.63, 3.8) is 0 Å². The molecule has 0 amide bonds. The van der Waals surface area contributed by atoms with Crippen molar-refractivity contribution in [3.05, 3.63) is 65.4 Å². The third kappa shape index (κ3) is 2.39. The lowest BCUT2D eigenvalue weighted by Gasteiger charge is -2.35. The number of hydrogen-bond acceptors (Lipinski definition) is 2. The van der Waals surface area contributed by atoms with E-state index in [1.807, 2.05) is 70.2 Å². The summed E-state index contributed by atoms with van der Waals surface area (Å²) >= 11 is 0. The van der Waals surface area contributed by atoms with Gasteiger partial charge in [-0.15, -0.1) is 0 Å². The van der Waals surface area contributed by atoms with E-state index >= 15 is 0 Å². The quantitative estimate of drug-likeness (QED) is 0.520. The Kier molecular flexibility index (Phi) is 3.71. The van der Waals surface area contributed by atoms with Crippen LogP contribution in [0.25, 0.3) is 11.1 Å². The highest BCUT2D eigenvalue weighted by atomic mass is 16.5. The Labute approximate surface area is 142 Å². The highest BCUT2D eigenvalue weighted by molar-refractivity contribution is 6.34. The molecule has 1 heterocycles. The SMILES string of the molecule is CC1(C)[N+](O)=CC(c2ccc(-c3ccccc3)cc2)=[N+]([O-])C1(C)C. The molecule has 0 aliphatic carbocycles. The minimum atomic E-state index is -0.774. The number of hydrogen-bond donors (Lipinski definition) is 1. The average molecular weight is 323 g/mol. The molecule has 0 fully saturated rings. The molecule has 24 heavy (non-hydrogen) atoms. The van der Waals surface area contributed by atoms with Gasteiger partial charge >= 0.3 is 0 Å². The predicted molar refractivity (Wildman–Crippen MR) is 95.9 cm³/mol. The molecule has 2 aromatic carbocycles. The molecule has 0 aromatic heterocycles. The van der Waals surface area contributed by atoms with Crippen molar-refractivity contribution in [2.75, 3.05) is 0 Å². The van der Waals surface area contributed by atoms with Crippen LogP contribution in [0.15, 0.2) is 54.6 Å². The molecule has 4 heteroatoms. The summed E-state index contributed by atoms with van der Waals surface area (Å²) in [6.45, 7) is 7.39. The maximum absolute atomic E-state index is 12.9. The average Bonchev–Trinajstić information content (AvgIpc) is 2.58. The predicted octanol–water partition coefficient (Wildman–Crippen LogP) is 3.70. The molecule has 0 saturated carbocycles. The van der Waals surface area contributed by atoms with Crippen LogP contribution in [0.2, 0.25) is 0 Å². The molecule has 3 rings (SSSR count). The van der Waals surface area contributed by atoms with Crippen LogP contribution < -0.4 is 0 Å². The topological polar surface area (TPSA) is 49.3 Å². The second kappa shape index (κ2) is 5.48. The first-order chi connectivity index (χ1) is 11.2. The Morgan fingerprint density at radius 1 is 0.750 bits per heavy atom. The molecule has 0 atom stereocenters. The van der Waals surface area contributed by atoms with E-state index in [1.54, 1.807) is 0 Å². The van der Waals surface area contributed by atoms with Crippen LogP contribution >= 0.6 is 0 Å². The van der Waals surface area contributed by atoms with Crippen molar-refractivity contribution >= 4 is 11.9 Å². The van der Waals surface area contributed by atoms with Gasteiger partial charge in [-0.1, -0.05) is 42.5 Å². The first kappa shape index (κ1) is 16.2. The fraction of sp³-hybridized carbons (Fsp3) is 0.300. The fourth-order valence-electron chi connectivity index (χ4n) is 2.82. The minimum Gasteiger partial charge on any atom is -0.623 e. The highest BCUT2D eigenvalue weighted by Gasteiger charge is 2.58. The molecule has 0 bridgehead atoms. The smallest absolute Gasteiger partial charge is 0.288 e. The molecule has 1 aliphatic heterocycles. The largest absolute Gasteiger partial charge is 0.623 e. The van der Waals surface area contributed by atoms with Crippen LogP contribution in [-0.2, 0) is 0 Å². The minimum absolute atomic E-state index is 0.460. The zero-order valence-electron chi connectivity index (χ0n) is 14.5. The first-order valence-electron chi connectivity index (χ1n) is 8.08. The number of nitrogens with zero attached hydrogens (tertiary/aromatic N) is 2. The van der Waals surface area contributed by atoms with E-state index in [-0.39, 0.29) is 0 Å². The Balaban J connectivity index is 2.04. The Hall–Kier alpha value is -2.62. The highest BCUT2D eigenvalue weighted by Crippen LogP contribution is 2.30. The molecule has 1 aliphatic rings. The van der Waals surface area contributed by atoms with Crippen molar-refractivity contribution in [1.29, 1.82) is 0 Å². The summed E-state index contributed by atoms with van der Waals surface area (Å²) in [7, 11) is 0. The molecule has 0 spiro atoms. The van der Waals surface area contributed by atoms with Crippen molar-refractivity contribution in [2.45, 2.75) is 38.8 Å². The van der Waals surface area contributed by atoms with Gasteiger partial charge in [-0.2, -0.15) is 4.74 Å². The summed E-state index contributed by atoms with van der Waals surface area (Å²) in [6.07, 6.45) is 1.51. The lowest BCUT2D eigenvalue weighted by atomic mass is 9.81. The molecule has 124 valence electrons. The summed E-state index contributed by atoms with van der Waals surface area (Å²) in [4.78, 5) is 0. The second-order valence-electron chi connectivity index (χ2n) is 7.21. The lowest BCUT2D eigenvalue weighted by Crippen LogP contribution is -2.62. The zero-order chi connectivity index (χ0) is 17.5. The maximum atomic E-state index is 12.9. The molecular formula is C20H23N2O2+. The van der Waals surface area contributed by atoms with E-state index in [1.165, 1.54) is 6.21 Å². The molecule has 2 aromatic rings. The number of benzene rings is 2. The molecular weight excluding hydrogens is 300 g/mol. The normalized spacial score (nSPS) is 19.1. The fourth-order valence-corrected chi connectivity index (χ4v) is 2.82. The number of hydroxylamine groups is 2. The summed E-state index contributed by atoms with van der Waals surface area (Å²) in [5.41, 5.74) is 2.00. The van der Waals surface area contributed by atoms with Crippen LogP contribution in [0.4, 0.5) is 0 Å². The molecule has 0 saturated heterocycles. The first-order valence-corrected chi connectivity index (χ1v) is 8.08. The van der Waals surface area contributed by atoms with Gasteiger partial charge in [-0.25, -0.2) is 0 Å². The monoisotopic (exact) mass is 323 g/mol. The zero-order valence-corrected chi connectivity index (χ0v) is 14.5. The van der Waals surface area contributed by atoms with Crippen LogP contribution in [0.1, 0.15) is 33.3 Å². The Morgan fingerprint density at radius 2 is 1.25 bits per heavy atom. The third-order valence-electron chi connectivity index (χ3n) is 5.33. The van der Waals surface area contributed by atoms with Gasteiger partial charge in [-0.05, 0) is 28.0 Å².